The number of thiazole rings is 1. The van der Waals surface area contributed by atoms with Crippen molar-refractivity contribution in [3.05, 3.63) is 106 Å². The van der Waals surface area contributed by atoms with Crippen molar-refractivity contribution in [1.29, 1.82) is 0 Å². The van der Waals surface area contributed by atoms with Gasteiger partial charge in [-0.1, -0.05) is 43.4 Å². The SMILES string of the molecule is CCOc1ccc(-c2nc3sc(=Cc4cn(-c5ccccc5)nc4-c4ccc(OCCC(C)C)cc4)c(=O)n3n2)cc1. The Morgan fingerprint density at radius 1 is 0.881 bits per heavy atom. The van der Waals surface area contributed by atoms with E-state index in [1.165, 1.54) is 15.9 Å². The van der Waals surface area contributed by atoms with Gasteiger partial charge in [-0.3, -0.25) is 4.79 Å². The molecule has 0 spiro atoms. The molecule has 0 aliphatic heterocycles. The van der Waals surface area contributed by atoms with Crippen LogP contribution in [0.2, 0.25) is 0 Å². The highest BCUT2D eigenvalue weighted by Crippen LogP contribution is 2.27. The quantitative estimate of drug-likeness (QED) is 0.197. The summed E-state index contributed by atoms with van der Waals surface area (Å²) in [5.41, 5.74) is 4.05. The van der Waals surface area contributed by atoms with Gasteiger partial charge in [0, 0.05) is 22.9 Å². The molecular formula is C33H31N5O3S. The van der Waals surface area contributed by atoms with E-state index in [0.29, 0.717) is 34.4 Å². The van der Waals surface area contributed by atoms with E-state index >= 15 is 0 Å². The first-order valence-electron chi connectivity index (χ1n) is 14.0. The molecule has 0 aliphatic carbocycles. The van der Waals surface area contributed by atoms with Crippen molar-refractivity contribution in [3.8, 4) is 39.8 Å². The molecule has 0 fully saturated rings. The van der Waals surface area contributed by atoms with E-state index in [9.17, 15) is 4.79 Å². The molecule has 0 aliphatic rings. The first-order chi connectivity index (χ1) is 20.5. The summed E-state index contributed by atoms with van der Waals surface area (Å²) >= 11 is 1.31. The van der Waals surface area contributed by atoms with Crippen LogP contribution in [0.4, 0.5) is 0 Å². The highest BCUT2D eigenvalue weighted by molar-refractivity contribution is 7.15. The third-order valence-corrected chi connectivity index (χ3v) is 7.71. The number of rotatable bonds is 10. The molecule has 9 heteroatoms. The van der Waals surface area contributed by atoms with Crippen LogP contribution in [-0.2, 0) is 0 Å². The molecule has 0 radical (unpaired) electrons. The fraction of sp³-hybridized carbons (Fsp3) is 0.212. The van der Waals surface area contributed by atoms with Crippen LogP contribution in [0.3, 0.4) is 0 Å². The monoisotopic (exact) mass is 577 g/mol. The van der Waals surface area contributed by atoms with Gasteiger partial charge < -0.3 is 9.47 Å². The van der Waals surface area contributed by atoms with E-state index in [4.69, 9.17) is 14.6 Å². The third-order valence-electron chi connectivity index (χ3n) is 6.75. The van der Waals surface area contributed by atoms with Crippen molar-refractivity contribution in [2.75, 3.05) is 13.2 Å². The molecule has 0 atom stereocenters. The average molecular weight is 578 g/mol. The molecule has 8 nitrogen and oxygen atoms in total. The second kappa shape index (κ2) is 12.0. The van der Waals surface area contributed by atoms with Gasteiger partial charge in [-0.15, -0.1) is 5.10 Å². The average Bonchev–Trinajstić information content (AvgIpc) is 3.69. The summed E-state index contributed by atoms with van der Waals surface area (Å²) in [5.74, 6) is 2.69. The van der Waals surface area contributed by atoms with Gasteiger partial charge in [-0.25, -0.2) is 4.68 Å². The summed E-state index contributed by atoms with van der Waals surface area (Å²) in [6.45, 7) is 7.59. The molecule has 0 amide bonds. The minimum atomic E-state index is -0.216. The zero-order valence-corrected chi connectivity index (χ0v) is 24.5. The molecule has 0 N–H and O–H groups in total. The van der Waals surface area contributed by atoms with Gasteiger partial charge in [-0.2, -0.15) is 14.6 Å². The lowest BCUT2D eigenvalue weighted by molar-refractivity contribution is 0.289. The first-order valence-corrected chi connectivity index (χ1v) is 14.8. The summed E-state index contributed by atoms with van der Waals surface area (Å²) in [4.78, 5) is 18.6. The fourth-order valence-electron chi connectivity index (χ4n) is 4.52. The van der Waals surface area contributed by atoms with E-state index in [0.717, 1.165) is 46.0 Å². The number of hydrogen-bond donors (Lipinski definition) is 0. The lowest BCUT2D eigenvalue weighted by atomic mass is 10.1. The largest absolute Gasteiger partial charge is 0.494 e. The Bertz CT molecular complexity index is 1910. The Morgan fingerprint density at radius 3 is 2.24 bits per heavy atom. The highest BCUT2D eigenvalue weighted by Gasteiger charge is 2.15. The Balaban J connectivity index is 1.36. The van der Waals surface area contributed by atoms with Gasteiger partial charge in [0.25, 0.3) is 5.56 Å². The van der Waals surface area contributed by atoms with Crippen LogP contribution in [0.5, 0.6) is 11.5 Å². The number of benzene rings is 3. The molecular weight excluding hydrogens is 546 g/mol. The summed E-state index contributed by atoms with van der Waals surface area (Å²) in [6, 6.07) is 25.4. The van der Waals surface area contributed by atoms with Gasteiger partial charge in [0.2, 0.25) is 4.96 Å². The van der Waals surface area contributed by atoms with Crippen LogP contribution in [-0.4, -0.2) is 37.6 Å². The third kappa shape index (κ3) is 5.82. The molecule has 0 bridgehead atoms. The van der Waals surface area contributed by atoms with Crippen LogP contribution < -0.4 is 19.6 Å². The predicted octanol–water partition coefficient (Wildman–Crippen LogP) is 6.04. The van der Waals surface area contributed by atoms with Crippen molar-refractivity contribution >= 4 is 22.4 Å². The minimum Gasteiger partial charge on any atom is -0.494 e. The number of fused-ring (bicyclic) bond motifs is 1. The van der Waals surface area contributed by atoms with Gasteiger partial charge in [0.05, 0.1) is 23.4 Å². The van der Waals surface area contributed by atoms with Crippen molar-refractivity contribution < 1.29 is 9.47 Å². The molecule has 3 aromatic heterocycles. The van der Waals surface area contributed by atoms with E-state index in [-0.39, 0.29) is 5.56 Å². The number of ether oxygens (including phenoxy) is 2. The van der Waals surface area contributed by atoms with E-state index in [1.807, 2.05) is 103 Å². The molecule has 212 valence electrons. The maximum atomic E-state index is 13.4. The normalized spacial score (nSPS) is 12.0. The fourth-order valence-corrected chi connectivity index (χ4v) is 5.41. The molecule has 6 aromatic rings. The van der Waals surface area contributed by atoms with Crippen LogP contribution >= 0.6 is 11.3 Å². The number of para-hydroxylation sites is 1. The maximum Gasteiger partial charge on any atom is 0.291 e. The lowest BCUT2D eigenvalue weighted by Crippen LogP contribution is -2.23. The molecule has 0 saturated carbocycles. The summed E-state index contributed by atoms with van der Waals surface area (Å²) in [7, 11) is 0. The molecule has 6 rings (SSSR count). The number of hydrogen-bond acceptors (Lipinski definition) is 7. The van der Waals surface area contributed by atoms with Crippen LogP contribution in [0.25, 0.3) is 39.4 Å². The van der Waals surface area contributed by atoms with Crippen molar-refractivity contribution in [2.45, 2.75) is 27.2 Å². The number of aromatic nitrogens is 5. The summed E-state index contributed by atoms with van der Waals surface area (Å²) in [6.07, 6.45) is 4.81. The Labute approximate surface area is 247 Å². The van der Waals surface area contributed by atoms with E-state index in [1.54, 1.807) is 0 Å². The molecule has 3 heterocycles. The minimum absolute atomic E-state index is 0.216. The zero-order chi connectivity index (χ0) is 29.1. The highest BCUT2D eigenvalue weighted by atomic mass is 32.1. The standard InChI is InChI=1S/C33H31N5O3S/c1-4-40-27-16-12-24(13-17-27)31-34-33-38(36-31)32(39)29(42-33)20-25-21-37(26-8-6-5-7-9-26)35-30(25)23-10-14-28(15-11-23)41-19-18-22(2)3/h5-17,20-22H,4,18-19H2,1-3H3. The second-order valence-corrected chi connectivity index (χ2v) is 11.3. The molecule has 42 heavy (non-hydrogen) atoms. The van der Waals surface area contributed by atoms with Crippen LogP contribution in [0.1, 0.15) is 32.8 Å². The Morgan fingerprint density at radius 2 is 1.57 bits per heavy atom. The van der Waals surface area contributed by atoms with E-state index in [2.05, 4.69) is 23.9 Å². The van der Waals surface area contributed by atoms with Gasteiger partial charge in [-0.05, 0) is 86.0 Å². The van der Waals surface area contributed by atoms with Crippen molar-refractivity contribution in [1.82, 2.24) is 24.4 Å². The number of nitrogens with zero attached hydrogens (tertiary/aromatic N) is 5. The Hall–Kier alpha value is -4.76. The predicted molar refractivity (Wildman–Crippen MR) is 166 cm³/mol. The van der Waals surface area contributed by atoms with Crippen LogP contribution in [0, 0.1) is 5.92 Å². The van der Waals surface area contributed by atoms with Crippen molar-refractivity contribution in [2.24, 2.45) is 5.92 Å². The van der Waals surface area contributed by atoms with Gasteiger partial charge in [0.1, 0.15) is 17.2 Å². The van der Waals surface area contributed by atoms with E-state index < -0.39 is 0 Å². The summed E-state index contributed by atoms with van der Waals surface area (Å²) in [5, 5.41) is 9.41. The maximum absolute atomic E-state index is 13.4. The van der Waals surface area contributed by atoms with Gasteiger partial charge >= 0.3 is 0 Å². The molecule has 0 saturated heterocycles. The topological polar surface area (TPSA) is 83.5 Å². The smallest absolute Gasteiger partial charge is 0.291 e. The molecule has 3 aromatic carbocycles. The van der Waals surface area contributed by atoms with Gasteiger partial charge in [0.15, 0.2) is 5.82 Å². The second-order valence-electron chi connectivity index (χ2n) is 10.3. The summed E-state index contributed by atoms with van der Waals surface area (Å²) < 4.78 is 15.2. The zero-order valence-electron chi connectivity index (χ0n) is 23.7. The Kier molecular flexibility index (Phi) is 7.83. The first kappa shape index (κ1) is 27.4. The molecule has 0 unspecified atom stereocenters. The van der Waals surface area contributed by atoms with Crippen LogP contribution in [0.15, 0.2) is 89.9 Å². The van der Waals surface area contributed by atoms with Crippen molar-refractivity contribution in [3.63, 3.8) is 0 Å². The lowest BCUT2D eigenvalue weighted by Gasteiger charge is -2.08.